The van der Waals surface area contributed by atoms with Crippen molar-refractivity contribution < 1.29 is 14.3 Å². The summed E-state index contributed by atoms with van der Waals surface area (Å²) in [7, 11) is 0. The molecule has 0 aliphatic carbocycles. The maximum Gasteiger partial charge on any atom is 0.239 e. The van der Waals surface area contributed by atoms with Gasteiger partial charge in [-0.3, -0.25) is 9.59 Å². The molecule has 1 fully saturated rings. The highest BCUT2D eigenvalue weighted by atomic mass is 16.5. The van der Waals surface area contributed by atoms with Crippen LogP contribution >= 0.6 is 0 Å². The second-order valence-corrected chi connectivity index (χ2v) is 5.99. The van der Waals surface area contributed by atoms with Crippen LogP contribution in [0.25, 0.3) is 0 Å². The number of hydrogen-bond acceptors (Lipinski definition) is 4. The van der Waals surface area contributed by atoms with E-state index in [0.717, 1.165) is 12.8 Å². The molecular formula is C13H25N3O3. The van der Waals surface area contributed by atoms with E-state index < -0.39 is 6.04 Å². The van der Waals surface area contributed by atoms with Gasteiger partial charge in [0.05, 0.1) is 12.6 Å². The molecule has 0 aromatic rings. The van der Waals surface area contributed by atoms with Gasteiger partial charge in [0.2, 0.25) is 11.8 Å². The van der Waals surface area contributed by atoms with Gasteiger partial charge in [-0.1, -0.05) is 0 Å². The van der Waals surface area contributed by atoms with E-state index >= 15 is 0 Å². The summed E-state index contributed by atoms with van der Waals surface area (Å²) in [5.41, 5.74) is 5.61. The van der Waals surface area contributed by atoms with Crippen molar-refractivity contribution in [2.24, 2.45) is 11.7 Å². The van der Waals surface area contributed by atoms with E-state index in [0.29, 0.717) is 13.2 Å². The highest BCUT2D eigenvalue weighted by molar-refractivity contribution is 5.87. The van der Waals surface area contributed by atoms with Crippen molar-refractivity contribution in [3.05, 3.63) is 0 Å². The van der Waals surface area contributed by atoms with Gasteiger partial charge in [-0.25, -0.2) is 0 Å². The van der Waals surface area contributed by atoms with Crippen LogP contribution in [0.5, 0.6) is 0 Å². The van der Waals surface area contributed by atoms with Gasteiger partial charge in [0.15, 0.2) is 0 Å². The molecule has 6 heteroatoms. The molecule has 1 atom stereocenters. The molecule has 0 bridgehead atoms. The van der Waals surface area contributed by atoms with Crippen molar-refractivity contribution in [2.75, 3.05) is 19.8 Å². The van der Waals surface area contributed by atoms with Gasteiger partial charge in [-0.2, -0.15) is 0 Å². The van der Waals surface area contributed by atoms with Crippen molar-refractivity contribution in [3.63, 3.8) is 0 Å². The Morgan fingerprint density at radius 1 is 1.32 bits per heavy atom. The van der Waals surface area contributed by atoms with Gasteiger partial charge in [0.1, 0.15) is 0 Å². The second kappa shape index (κ2) is 6.86. The summed E-state index contributed by atoms with van der Waals surface area (Å²) >= 11 is 0. The number of rotatable bonds is 4. The van der Waals surface area contributed by atoms with Crippen LogP contribution in [0.4, 0.5) is 0 Å². The first kappa shape index (κ1) is 15.9. The Morgan fingerprint density at radius 3 is 2.42 bits per heavy atom. The molecule has 1 heterocycles. The number of carbonyl (C=O) groups excluding carboxylic acids is 2. The number of carbonyl (C=O) groups is 2. The zero-order chi connectivity index (χ0) is 14.5. The summed E-state index contributed by atoms with van der Waals surface area (Å²) < 4.78 is 5.23. The van der Waals surface area contributed by atoms with Crippen LogP contribution in [0, 0.1) is 5.92 Å². The molecule has 2 amide bonds. The lowest BCUT2D eigenvalue weighted by molar-refractivity contribution is -0.128. The normalized spacial score (nSPS) is 18.7. The summed E-state index contributed by atoms with van der Waals surface area (Å²) in [4.78, 5) is 23.4. The lowest BCUT2D eigenvalue weighted by Gasteiger charge is -2.27. The minimum absolute atomic E-state index is 0.0347. The van der Waals surface area contributed by atoms with Crippen molar-refractivity contribution in [1.29, 1.82) is 0 Å². The van der Waals surface area contributed by atoms with Crippen molar-refractivity contribution in [1.82, 2.24) is 10.6 Å². The molecule has 1 unspecified atom stereocenters. The molecule has 1 saturated heterocycles. The first-order valence-electron chi connectivity index (χ1n) is 6.71. The van der Waals surface area contributed by atoms with Gasteiger partial charge in [0.25, 0.3) is 0 Å². The predicted molar refractivity (Wildman–Crippen MR) is 72.4 cm³/mol. The molecule has 0 spiro atoms. The lowest BCUT2D eigenvalue weighted by Crippen LogP contribution is -2.51. The van der Waals surface area contributed by atoms with Gasteiger partial charge >= 0.3 is 0 Å². The molecule has 0 saturated carbocycles. The lowest BCUT2D eigenvalue weighted by atomic mass is 9.92. The number of nitrogens with one attached hydrogen (secondary N) is 2. The second-order valence-electron chi connectivity index (χ2n) is 5.99. The largest absolute Gasteiger partial charge is 0.381 e. The molecule has 0 aromatic carbocycles. The molecule has 0 radical (unpaired) electrons. The number of ether oxygens (including phenoxy) is 1. The molecule has 1 aliphatic rings. The SMILES string of the molecule is CC(C)(C)NC(=O)CNC(=O)C(N)C1CCOCC1. The quantitative estimate of drug-likeness (QED) is 0.658. The zero-order valence-electron chi connectivity index (χ0n) is 12.0. The molecule has 1 rings (SSSR count). The van der Waals surface area contributed by atoms with E-state index in [1.54, 1.807) is 0 Å². The molecule has 4 N–H and O–H groups in total. The molecule has 0 aromatic heterocycles. The third-order valence-electron chi connectivity index (χ3n) is 3.01. The summed E-state index contributed by atoms with van der Waals surface area (Å²) in [6.07, 6.45) is 1.59. The fraction of sp³-hybridized carbons (Fsp3) is 0.846. The van der Waals surface area contributed by atoms with E-state index in [1.165, 1.54) is 0 Å². The first-order valence-corrected chi connectivity index (χ1v) is 6.71. The summed E-state index contributed by atoms with van der Waals surface area (Å²) in [6.45, 7) is 6.93. The van der Waals surface area contributed by atoms with E-state index in [-0.39, 0.29) is 29.8 Å². The average molecular weight is 271 g/mol. The summed E-state index contributed by atoms with van der Waals surface area (Å²) in [5, 5.41) is 5.36. The number of nitrogens with two attached hydrogens (primary N) is 1. The highest BCUT2D eigenvalue weighted by Crippen LogP contribution is 2.17. The third kappa shape index (κ3) is 6.02. The molecule has 1 aliphatic heterocycles. The van der Waals surface area contributed by atoms with Crippen LogP contribution in [0.1, 0.15) is 33.6 Å². The number of amides is 2. The van der Waals surface area contributed by atoms with Crippen molar-refractivity contribution >= 4 is 11.8 Å². The Kier molecular flexibility index (Phi) is 5.75. The molecule has 110 valence electrons. The zero-order valence-corrected chi connectivity index (χ0v) is 12.0. The Hall–Kier alpha value is -1.14. The van der Waals surface area contributed by atoms with E-state index in [2.05, 4.69) is 10.6 Å². The summed E-state index contributed by atoms with van der Waals surface area (Å²) in [5.74, 6) is -0.338. The minimum Gasteiger partial charge on any atom is -0.381 e. The minimum atomic E-state index is -0.564. The van der Waals surface area contributed by atoms with Crippen LogP contribution in [-0.4, -0.2) is 43.2 Å². The van der Waals surface area contributed by atoms with Crippen molar-refractivity contribution in [3.8, 4) is 0 Å². The van der Waals surface area contributed by atoms with E-state index in [9.17, 15) is 9.59 Å². The smallest absolute Gasteiger partial charge is 0.239 e. The van der Waals surface area contributed by atoms with Crippen LogP contribution < -0.4 is 16.4 Å². The maximum atomic E-state index is 11.9. The molecular weight excluding hydrogens is 246 g/mol. The van der Waals surface area contributed by atoms with Crippen LogP contribution in [0.2, 0.25) is 0 Å². The van der Waals surface area contributed by atoms with Crippen LogP contribution in [-0.2, 0) is 14.3 Å². The van der Waals surface area contributed by atoms with Crippen molar-refractivity contribution in [2.45, 2.75) is 45.2 Å². The summed E-state index contributed by atoms with van der Waals surface area (Å²) in [6, 6.07) is -0.564. The predicted octanol–water partition coefficient (Wildman–Crippen LogP) is -0.229. The van der Waals surface area contributed by atoms with E-state index in [1.807, 2.05) is 20.8 Å². The monoisotopic (exact) mass is 271 g/mol. The number of hydrogen-bond donors (Lipinski definition) is 3. The molecule has 19 heavy (non-hydrogen) atoms. The Bertz CT molecular complexity index is 320. The van der Waals surface area contributed by atoms with Gasteiger partial charge in [0, 0.05) is 18.8 Å². The maximum absolute atomic E-state index is 11.9. The Balaban J connectivity index is 2.32. The van der Waals surface area contributed by atoms with Gasteiger partial charge in [-0.15, -0.1) is 0 Å². The van der Waals surface area contributed by atoms with Gasteiger partial charge < -0.3 is 21.1 Å². The fourth-order valence-corrected chi connectivity index (χ4v) is 2.04. The standard InChI is InChI=1S/C13H25N3O3/c1-13(2,3)16-10(17)8-15-12(18)11(14)9-4-6-19-7-5-9/h9,11H,4-8,14H2,1-3H3,(H,15,18)(H,16,17). The van der Waals surface area contributed by atoms with Crippen LogP contribution in [0.15, 0.2) is 0 Å². The Morgan fingerprint density at radius 2 is 1.89 bits per heavy atom. The highest BCUT2D eigenvalue weighted by Gasteiger charge is 2.26. The Labute approximate surface area is 114 Å². The average Bonchev–Trinajstić information content (AvgIpc) is 2.34. The van der Waals surface area contributed by atoms with Crippen LogP contribution in [0.3, 0.4) is 0 Å². The molecule has 6 nitrogen and oxygen atoms in total. The van der Waals surface area contributed by atoms with E-state index in [4.69, 9.17) is 10.5 Å². The van der Waals surface area contributed by atoms with Gasteiger partial charge in [-0.05, 0) is 39.5 Å². The topological polar surface area (TPSA) is 93.5 Å². The first-order chi connectivity index (χ1) is 8.79. The third-order valence-corrected chi connectivity index (χ3v) is 3.01. The fourth-order valence-electron chi connectivity index (χ4n) is 2.04.